The van der Waals surface area contributed by atoms with Crippen LogP contribution in [0.2, 0.25) is 0 Å². The number of methoxy groups -OCH3 is 1. The summed E-state index contributed by atoms with van der Waals surface area (Å²) in [4.78, 5) is 31.9. The van der Waals surface area contributed by atoms with E-state index >= 15 is 0 Å². The molecular weight excluding hydrogens is 371 g/mol. The van der Waals surface area contributed by atoms with E-state index in [2.05, 4.69) is 20.6 Å². The molecule has 1 aromatic heterocycles. The second-order valence-electron chi connectivity index (χ2n) is 5.60. The number of carbonyl (C=O) groups excluding carboxylic acids is 2. The number of aromatic nitrogens is 2. The van der Waals surface area contributed by atoms with Gasteiger partial charge in [0.05, 0.1) is 32.2 Å². The molecule has 1 atom stereocenters. The maximum atomic E-state index is 13.4. The van der Waals surface area contributed by atoms with Crippen LogP contribution in [0.5, 0.6) is 11.6 Å². The minimum absolute atomic E-state index is 0.0584. The fourth-order valence-corrected chi connectivity index (χ4v) is 2.14. The number of aliphatic hydroxyl groups excluding tert-OH is 1. The highest BCUT2D eigenvalue weighted by molar-refractivity contribution is 5.94. The first kappa shape index (κ1) is 21.0. The summed E-state index contributed by atoms with van der Waals surface area (Å²) < 4.78 is 23.3. The van der Waals surface area contributed by atoms with E-state index in [1.54, 1.807) is 6.92 Å². The molecule has 2 rings (SSSR count). The summed E-state index contributed by atoms with van der Waals surface area (Å²) in [6, 6.07) is 3.66. The number of nitrogens with zero attached hydrogens (tertiary/aromatic N) is 2. The number of carbonyl (C=O) groups is 2. The Labute approximate surface area is 160 Å². The molecule has 0 saturated heterocycles. The average Bonchev–Trinajstić information content (AvgIpc) is 2.71. The Kier molecular flexibility index (Phi) is 7.64. The lowest BCUT2D eigenvalue weighted by atomic mass is 10.2. The number of aliphatic hydroxyl groups is 1. The van der Waals surface area contributed by atoms with Gasteiger partial charge in [0.1, 0.15) is 5.69 Å². The SMILES string of the molecule is CCOc1cnc(C(=O)NCC(O)CNC(=O)c2ccc(F)c(OC)c2)cn1. The molecule has 0 aliphatic rings. The Morgan fingerprint density at radius 3 is 2.50 bits per heavy atom. The molecule has 2 amide bonds. The third kappa shape index (κ3) is 5.88. The van der Waals surface area contributed by atoms with Gasteiger partial charge in [0.25, 0.3) is 11.8 Å². The standard InChI is InChI=1S/C18H21FN4O5/c1-3-28-16-10-20-14(9-21-16)18(26)23-8-12(24)7-22-17(25)11-4-5-13(19)15(6-11)27-2/h4-6,9-10,12,24H,3,7-8H2,1-2H3,(H,22,25)(H,23,26). The quantitative estimate of drug-likeness (QED) is 0.569. The molecule has 150 valence electrons. The van der Waals surface area contributed by atoms with Crippen molar-refractivity contribution in [3.05, 3.63) is 47.7 Å². The van der Waals surface area contributed by atoms with E-state index in [1.807, 2.05) is 0 Å². The zero-order valence-electron chi connectivity index (χ0n) is 15.4. The fraction of sp³-hybridized carbons (Fsp3) is 0.333. The first-order chi connectivity index (χ1) is 13.4. The van der Waals surface area contributed by atoms with Crippen LogP contribution in [-0.2, 0) is 0 Å². The first-order valence-electron chi connectivity index (χ1n) is 8.47. The van der Waals surface area contributed by atoms with Gasteiger partial charge in [0.2, 0.25) is 5.88 Å². The average molecular weight is 392 g/mol. The Hall–Kier alpha value is -3.27. The lowest BCUT2D eigenvalue weighted by Gasteiger charge is -2.13. The molecule has 0 spiro atoms. The van der Waals surface area contributed by atoms with Crippen LogP contribution in [0.15, 0.2) is 30.6 Å². The van der Waals surface area contributed by atoms with Crippen molar-refractivity contribution in [3.8, 4) is 11.6 Å². The summed E-state index contributed by atoms with van der Waals surface area (Å²) >= 11 is 0. The topological polar surface area (TPSA) is 123 Å². The summed E-state index contributed by atoms with van der Waals surface area (Å²) in [5.41, 5.74) is 0.247. The number of hydrogen-bond acceptors (Lipinski definition) is 7. The monoisotopic (exact) mass is 392 g/mol. The van der Waals surface area contributed by atoms with Crippen molar-refractivity contribution < 1.29 is 28.6 Å². The number of amides is 2. The molecule has 10 heteroatoms. The Bertz CT molecular complexity index is 816. The van der Waals surface area contributed by atoms with Gasteiger partial charge in [-0.2, -0.15) is 0 Å². The number of benzene rings is 1. The fourth-order valence-electron chi connectivity index (χ4n) is 2.14. The van der Waals surface area contributed by atoms with Crippen LogP contribution in [-0.4, -0.2) is 59.8 Å². The van der Waals surface area contributed by atoms with E-state index in [0.717, 1.165) is 6.07 Å². The van der Waals surface area contributed by atoms with Crippen molar-refractivity contribution in [2.24, 2.45) is 0 Å². The Morgan fingerprint density at radius 1 is 1.18 bits per heavy atom. The third-order valence-corrected chi connectivity index (χ3v) is 3.56. The smallest absolute Gasteiger partial charge is 0.271 e. The van der Waals surface area contributed by atoms with Gasteiger partial charge in [-0.25, -0.2) is 14.4 Å². The van der Waals surface area contributed by atoms with Crippen molar-refractivity contribution in [2.45, 2.75) is 13.0 Å². The summed E-state index contributed by atoms with van der Waals surface area (Å²) in [5.74, 6) is -1.37. The zero-order valence-corrected chi connectivity index (χ0v) is 15.4. The van der Waals surface area contributed by atoms with Gasteiger partial charge in [-0.1, -0.05) is 0 Å². The predicted molar refractivity (Wildman–Crippen MR) is 96.8 cm³/mol. The van der Waals surface area contributed by atoms with Crippen molar-refractivity contribution in [1.29, 1.82) is 0 Å². The lowest BCUT2D eigenvalue weighted by molar-refractivity contribution is 0.0882. The molecule has 0 aliphatic heterocycles. The second kappa shape index (κ2) is 10.2. The van der Waals surface area contributed by atoms with Gasteiger partial charge in [-0.15, -0.1) is 0 Å². The molecule has 28 heavy (non-hydrogen) atoms. The minimum atomic E-state index is -1.04. The van der Waals surface area contributed by atoms with Crippen LogP contribution >= 0.6 is 0 Å². The highest BCUT2D eigenvalue weighted by Crippen LogP contribution is 2.18. The van der Waals surface area contributed by atoms with Crippen LogP contribution in [0.4, 0.5) is 4.39 Å². The maximum absolute atomic E-state index is 13.4. The van der Waals surface area contributed by atoms with Crippen molar-refractivity contribution in [1.82, 2.24) is 20.6 Å². The van der Waals surface area contributed by atoms with E-state index in [1.165, 1.54) is 31.6 Å². The molecule has 0 fully saturated rings. The normalized spacial score (nSPS) is 11.4. The van der Waals surface area contributed by atoms with Gasteiger partial charge in [-0.05, 0) is 25.1 Å². The molecule has 9 nitrogen and oxygen atoms in total. The van der Waals surface area contributed by atoms with Gasteiger partial charge in [0, 0.05) is 18.7 Å². The highest BCUT2D eigenvalue weighted by atomic mass is 19.1. The van der Waals surface area contributed by atoms with Gasteiger partial charge >= 0.3 is 0 Å². The van der Waals surface area contributed by atoms with Crippen LogP contribution in [0, 0.1) is 5.82 Å². The van der Waals surface area contributed by atoms with Crippen LogP contribution in [0.1, 0.15) is 27.8 Å². The van der Waals surface area contributed by atoms with E-state index < -0.39 is 23.7 Å². The van der Waals surface area contributed by atoms with E-state index in [0.29, 0.717) is 12.5 Å². The molecule has 0 bridgehead atoms. The largest absolute Gasteiger partial charge is 0.494 e. The molecule has 3 N–H and O–H groups in total. The van der Waals surface area contributed by atoms with Crippen LogP contribution < -0.4 is 20.1 Å². The number of hydrogen-bond donors (Lipinski definition) is 3. The minimum Gasteiger partial charge on any atom is -0.494 e. The molecule has 1 unspecified atom stereocenters. The molecule has 0 aliphatic carbocycles. The van der Waals surface area contributed by atoms with Gasteiger partial charge in [-0.3, -0.25) is 9.59 Å². The van der Waals surface area contributed by atoms with Crippen molar-refractivity contribution >= 4 is 11.8 Å². The molecule has 0 saturated carbocycles. The Balaban J connectivity index is 1.79. The summed E-state index contributed by atoms with van der Waals surface area (Å²) in [6.45, 7) is 2.01. The van der Waals surface area contributed by atoms with Crippen LogP contribution in [0.25, 0.3) is 0 Å². The van der Waals surface area contributed by atoms with E-state index in [9.17, 15) is 19.1 Å². The molecule has 1 heterocycles. The van der Waals surface area contributed by atoms with E-state index in [-0.39, 0.29) is 30.1 Å². The Morgan fingerprint density at radius 2 is 1.89 bits per heavy atom. The number of halogens is 1. The van der Waals surface area contributed by atoms with Crippen molar-refractivity contribution in [3.63, 3.8) is 0 Å². The van der Waals surface area contributed by atoms with Crippen LogP contribution in [0.3, 0.4) is 0 Å². The summed E-state index contributed by atoms with van der Waals surface area (Å²) in [7, 11) is 1.29. The number of ether oxygens (including phenoxy) is 2. The molecule has 0 radical (unpaired) electrons. The van der Waals surface area contributed by atoms with E-state index in [4.69, 9.17) is 9.47 Å². The first-order valence-corrected chi connectivity index (χ1v) is 8.47. The third-order valence-electron chi connectivity index (χ3n) is 3.56. The zero-order chi connectivity index (χ0) is 20.5. The van der Waals surface area contributed by atoms with Gasteiger partial charge < -0.3 is 25.2 Å². The number of nitrogens with one attached hydrogen (secondary N) is 2. The van der Waals surface area contributed by atoms with Gasteiger partial charge in [0.15, 0.2) is 11.6 Å². The summed E-state index contributed by atoms with van der Waals surface area (Å²) in [5, 5.41) is 14.9. The molecule has 1 aromatic carbocycles. The molecular formula is C18H21FN4O5. The highest BCUT2D eigenvalue weighted by Gasteiger charge is 2.14. The second-order valence-corrected chi connectivity index (χ2v) is 5.60. The lowest BCUT2D eigenvalue weighted by Crippen LogP contribution is -2.40. The maximum Gasteiger partial charge on any atom is 0.271 e. The van der Waals surface area contributed by atoms with Crippen molar-refractivity contribution in [2.75, 3.05) is 26.8 Å². The summed E-state index contributed by atoms with van der Waals surface area (Å²) in [6.07, 6.45) is 1.55. The number of rotatable bonds is 9. The molecule has 2 aromatic rings. The predicted octanol–water partition coefficient (Wildman–Crippen LogP) is 0.544.